The molecule has 0 amide bonds. The van der Waals surface area contributed by atoms with Crippen LogP contribution in [0.15, 0.2) is 65.2 Å². The summed E-state index contributed by atoms with van der Waals surface area (Å²) in [5, 5.41) is 11.9. The minimum atomic E-state index is -0.945. The molecule has 2 atom stereocenters. The van der Waals surface area contributed by atoms with Gasteiger partial charge in [-0.1, -0.05) is 70.2 Å². The lowest BCUT2D eigenvalue weighted by molar-refractivity contribution is 0.242. The minimum absolute atomic E-state index is 0.0809. The maximum atomic E-state index is 10.5. The second-order valence-corrected chi connectivity index (χ2v) is 10.3. The Balaban J connectivity index is 1.34. The normalized spacial score (nSPS) is 13.5. The van der Waals surface area contributed by atoms with Gasteiger partial charge in [-0.05, 0) is 66.4 Å². The molecule has 2 aromatic carbocycles. The fraction of sp³-hybridized carbons (Fsp3) is 0.400. The molecule has 0 saturated heterocycles. The van der Waals surface area contributed by atoms with E-state index in [4.69, 9.17) is 9.07 Å². The van der Waals surface area contributed by atoms with E-state index in [9.17, 15) is 5.02 Å². The Kier molecular flexibility index (Phi) is 7.88. The molecule has 4 nitrogen and oxygen atoms in total. The molecular formula is C30H38BNO3. The molecule has 35 heavy (non-hydrogen) atoms. The number of para-hydroxylation sites is 1. The molecule has 0 saturated carbocycles. The van der Waals surface area contributed by atoms with Crippen LogP contribution in [0, 0.1) is 13.8 Å². The standard InChI is InChI=1S/C30H38BNO3/c1-20(2)28-18-32(29-10-8-7-9-27(28)29)16-15-21(3)25-11-13-26(14-12-25)31(33)34-19-23(5)30-17-22(4)24(6)35-30/h7-14,17-18,20-21,23,33H,15-16,19H2,1-6H3. The van der Waals surface area contributed by atoms with E-state index in [0.717, 1.165) is 35.5 Å². The van der Waals surface area contributed by atoms with Gasteiger partial charge in [0.1, 0.15) is 11.5 Å². The van der Waals surface area contributed by atoms with Crippen LogP contribution in [0.25, 0.3) is 10.9 Å². The van der Waals surface area contributed by atoms with E-state index in [2.05, 4.69) is 67.9 Å². The highest BCUT2D eigenvalue weighted by Crippen LogP contribution is 2.29. The van der Waals surface area contributed by atoms with E-state index < -0.39 is 7.12 Å². The van der Waals surface area contributed by atoms with E-state index in [1.807, 2.05) is 39.0 Å². The zero-order valence-corrected chi connectivity index (χ0v) is 21.9. The van der Waals surface area contributed by atoms with Crippen LogP contribution in [0.5, 0.6) is 0 Å². The van der Waals surface area contributed by atoms with Crippen molar-refractivity contribution in [1.29, 1.82) is 0 Å². The minimum Gasteiger partial charge on any atom is -0.466 e. The van der Waals surface area contributed by atoms with Gasteiger partial charge in [0, 0.05) is 36.2 Å². The highest BCUT2D eigenvalue weighted by molar-refractivity contribution is 6.59. The third-order valence-corrected chi connectivity index (χ3v) is 7.21. The van der Waals surface area contributed by atoms with Crippen LogP contribution in [-0.2, 0) is 11.2 Å². The fourth-order valence-corrected chi connectivity index (χ4v) is 4.67. The number of benzene rings is 2. The van der Waals surface area contributed by atoms with Crippen LogP contribution in [0.4, 0.5) is 0 Å². The Morgan fingerprint density at radius 1 is 0.971 bits per heavy atom. The van der Waals surface area contributed by atoms with Gasteiger partial charge in [-0.15, -0.1) is 0 Å². The molecule has 0 bridgehead atoms. The quantitative estimate of drug-likeness (QED) is 0.263. The zero-order chi connectivity index (χ0) is 25.1. The van der Waals surface area contributed by atoms with Gasteiger partial charge in [-0.3, -0.25) is 0 Å². The third kappa shape index (κ3) is 5.74. The number of aryl methyl sites for hydroxylation is 3. The Hall–Kier alpha value is -2.76. The fourth-order valence-electron chi connectivity index (χ4n) is 4.67. The Bertz CT molecular complexity index is 1240. The first-order valence-electron chi connectivity index (χ1n) is 12.8. The molecule has 1 N–H and O–H groups in total. The topological polar surface area (TPSA) is 47.5 Å². The number of furan rings is 1. The van der Waals surface area contributed by atoms with Gasteiger partial charge in [-0.25, -0.2) is 0 Å². The van der Waals surface area contributed by atoms with Crippen molar-refractivity contribution in [2.45, 2.75) is 72.3 Å². The predicted molar refractivity (Wildman–Crippen MR) is 146 cm³/mol. The predicted octanol–water partition coefficient (Wildman–Crippen LogP) is 6.68. The number of hydrogen-bond acceptors (Lipinski definition) is 3. The highest BCUT2D eigenvalue weighted by atomic mass is 16.5. The van der Waals surface area contributed by atoms with Gasteiger partial charge < -0.3 is 18.7 Å². The number of hydrogen-bond donors (Lipinski definition) is 1. The largest absolute Gasteiger partial charge is 0.491 e. The molecule has 2 unspecified atom stereocenters. The maximum Gasteiger partial charge on any atom is 0.491 e. The Labute approximate surface area is 210 Å². The van der Waals surface area contributed by atoms with Gasteiger partial charge in [0.25, 0.3) is 0 Å². The first-order valence-corrected chi connectivity index (χ1v) is 12.8. The van der Waals surface area contributed by atoms with E-state index in [-0.39, 0.29) is 5.92 Å². The van der Waals surface area contributed by atoms with E-state index in [1.54, 1.807) is 0 Å². The summed E-state index contributed by atoms with van der Waals surface area (Å²) in [7, 11) is -0.945. The van der Waals surface area contributed by atoms with Crippen LogP contribution in [0.1, 0.15) is 80.1 Å². The van der Waals surface area contributed by atoms with Crippen molar-refractivity contribution in [1.82, 2.24) is 4.57 Å². The van der Waals surface area contributed by atoms with Gasteiger partial charge in [0.15, 0.2) is 0 Å². The van der Waals surface area contributed by atoms with E-state index in [1.165, 1.54) is 22.0 Å². The molecule has 2 heterocycles. The number of rotatable bonds is 10. The molecule has 4 aromatic rings. The first kappa shape index (κ1) is 25.3. The molecule has 0 spiro atoms. The number of aromatic nitrogens is 1. The van der Waals surface area contributed by atoms with Crippen LogP contribution in [-0.4, -0.2) is 23.3 Å². The number of fused-ring (bicyclic) bond motifs is 1. The summed E-state index contributed by atoms with van der Waals surface area (Å²) in [4.78, 5) is 0. The maximum absolute atomic E-state index is 10.5. The van der Waals surface area contributed by atoms with Gasteiger partial charge in [0.05, 0.1) is 0 Å². The molecule has 4 rings (SSSR count). The Morgan fingerprint density at radius 3 is 2.34 bits per heavy atom. The van der Waals surface area contributed by atoms with E-state index in [0.29, 0.717) is 18.4 Å². The summed E-state index contributed by atoms with van der Waals surface area (Å²) in [6.45, 7) is 14.2. The number of nitrogens with zero attached hydrogens (tertiary/aromatic N) is 1. The molecule has 5 heteroatoms. The van der Waals surface area contributed by atoms with Crippen molar-refractivity contribution in [2.75, 3.05) is 6.61 Å². The zero-order valence-electron chi connectivity index (χ0n) is 21.9. The average Bonchev–Trinajstić information content (AvgIpc) is 3.40. The van der Waals surface area contributed by atoms with Crippen molar-refractivity contribution in [3.63, 3.8) is 0 Å². The molecule has 2 aromatic heterocycles. The van der Waals surface area contributed by atoms with Crippen molar-refractivity contribution in [2.24, 2.45) is 0 Å². The molecule has 0 aliphatic heterocycles. The molecule has 0 radical (unpaired) electrons. The highest BCUT2D eigenvalue weighted by Gasteiger charge is 2.20. The van der Waals surface area contributed by atoms with Crippen molar-refractivity contribution < 1.29 is 14.1 Å². The van der Waals surface area contributed by atoms with Crippen molar-refractivity contribution >= 4 is 23.5 Å². The summed E-state index contributed by atoms with van der Waals surface area (Å²) >= 11 is 0. The van der Waals surface area contributed by atoms with Gasteiger partial charge in [0.2, 0.25) is 0 Å². The Morgan fingerprint density at radius 2 is 1.69 bits per heavy atom. The SMILES string of the molecule is Cc1cc(C(C)COB(O)c2ccc(C(C)CCn3cc(C(C)C)c4ccccc43)cc2)oc1C. The summed E-state index contributed by atoms with van der Waals surface area (Å²) in [6.07, 6.45) is 3.37. The average molecular weight is 471 g/mol. The molecule has 184 valence electrons. The van der Waals surface area contributed by atoms with Crippen LogP contribution in [0.3, 0.4) is 0 Å². The van der Waals surface area contributed by atoms with Crippen LogP contribution >= 0.6 is 0 Å². The summed E-state index contributed by atoms with van der Waals surface area (Å²) in [5.41, 5.74) is 5.92. The molecule has 0 aliphatic carbocycles. The summed E-state index contributed by atoms with van der Waals surface area (Å²) < 4.78 is 13.9. The second-order valence-electron chi connectivity index (χ2n) is 10.3. The first-order chi connectivity index (χ1) is 16.7. The summed E-state index contributed by atoms with van der Waals surface area (Å²) in [5.74, 6) is 2.83. The molecule has 0 aliphatic rings. The smallest absolute Gasteiger partial charge is 0.466 e. The lowest BCUT2D eigenvalue weighted by Crippen LogP contribution is -2.34. The molecule has 0 fully saturated rings. The third-order valence-electron chi connectivity index (χ3n) is 7.21. The lowest BCUT2D eigenvalue weighted by Gasteiger charge is -2.15. The van der Waals surface area contributed by atoms with Crippen molar-refractivity contribution in [3.8, 4) is 0 Å². The van der Waals surface area contributed by atoms with Crippen molar-refractivity contribution in [3.05, 3.63) is 89.0 Å². The van der Waals surface area contributed by atoms with Crippen LogP contribution < -0.4 is 5.46 Å². The summed E-state index contributed by atoms with van der Waals surface area (Å²) in [6, 6.07) is 18.9. The molecular weight excluding hydrogens is 433 g/mol. The van der Waals surface area contributed by atoms with Crippen LogP contribution in [0.2, 0.25) is 0 Å². The van der Waals surface area contributed by atoms with Gasteiger partial charge in [-0.2, -0.15) is 0 Å². The second kappa shape index (κ2) is 10.9. The van der Waals surface area contributed by atoms with E-state index >= 15 is 0 Å². The monoisotopic (exact) mass is 471 g/mol. The van der Waals surface area contributed by atoms with Gasteiger partial charge >= 0.3 is 7.12 Å². The lowest BCUT2D eigenvalue weighted by atomic mass is 9.78.